The van der Waals surface area contributed by atoms with E-state index in [0.29, 0.717) is 0 Å². The molecule has 1 heterocycles. The van der Waals surface area contributed by atoms with Gasteiger partial charge in [-0.3, -0.25) is 4.98 Å². The van der Waals surface area contributed by atoms with Gasteiger partial charge in [0, 0.05) is 18.2 Å². The van der Waals surface area contributed by atoms with E-state index in [1.807, 2.05) is 12.3 Å². The molecule has 0 aromatic carbocycles. The number of hydrogen-bond donors (Lipinski definition) is 1. The monoisotopic (exact) mass is 176 g/mol. The van der Waals surface area contributed by atoms with Crippen molar-refractivity contribution >= 4 is 0 Å². The van der Waals surface area contributed by atoms with Gasteiger partial charge in [0.05, 0.1) is 5.69 Å². The Morgan fingerprint density at radius 2 is 2.31 bits per heavy atom. The maximum absolute atomic E-state index is 5.83. The average Bonchev–Trinajstić information content (AvgIpc) is 2.07. The summed E-state index contributed by atoms with van der Waals surface area (Å²) in [6.07, 6.45) is 5.59. The molecule has 0 saturated heterocycles. The zero-order valence-corrected chi connectivity index (χ0v) is 8.09. The van der Waals surface area contributed by atoms with E-state index in [1.165, 1.54) is 30.5 Å². The summed E-state index contributed by atoms with van der Waals surface area (Å²) < 4.78 is 0. The summed E-state index contributed by atoms with van der Waals surface area (Å²) in [5.41, 5.74) is 8.55. The van der Waals surface area contributed by atoms with Crippen LogP contribution in [0.4, 0.5) is 0 Å². The fraction of sp³-hybridized carbons (Fsp3) is 0.545. The molecule has 0 amide bonds. The maximum atomic E-state index is 5.83. The molecular weight excluding hydrogens is 160 g/mol. The van der Waals surface area contributed by atoms with Crippen LogP contribution < -0.4 is 5.73 Å². The highest BCUT2D eigenvalue weighted by Crippen LogP contribution is 2.42. The Labute approximate surface area is 79.2 Å². The van der Waals surface area contributed by atoms with E-state index in [1.54, 1.807) is 0 Å². The van der Waals surface area contributed by atoms with Crippen LogP contribution in [0.3, 0.4) is 0 Å². The third kappa shape index (κ3) is 1.25. The summed E-state index contributed by atoms with van der Waals surface area (Å²) in [7, 11) is 0. The molecule has 0 aliphatic heterocycles. The predicted molar refractivity (Wildman–Crippen MR) is 53.6 cm³/mol. The summed E-state index contributed by atoms with van der Waals surface area (Å²) in [6.45, 7) is 2.86. The molecule has 0 unspecified atom stereocenters. The van der Waals surface area contributed by atoms with E-state index >= 15 is 0 Å². The minimum atomic E-state index is 0.214. The Bertz CT molecular complexity index is 297. The van der Waals surface area contributed by atoms with E-state index in [0.717, 1.165) is 6.54 Å². The van der Waals surface area contributed by atoms with Crippen LogP contribution in [0.1, 0.15) is 30.5 Å². The summed E-state index contributed by atoms with van der Waals surface area (Å²) in [4.78, 5) is 4.46. The molecule has 2 rings (SSSR count). The van der Waals surface area contributed by atoms with Crippen molar-refractivity contribution < 1.29 is 0 Å². The Hall–Kier alpha value is -0.890. The van der Waals surface area contributed by atoms with Crippen LogP contribution >= 0.6 is 0 Å². The Balaban J connectivity index is 2.38. The van der Waals surface area contributed by atoms with E-state index < -0.39 is 0 Å². The molecule has 1 aliphatic carbocycles. The topological polar surface area (TPSA) is 38.9 Å². The lowest BCUT2D eigenvalue weighted by Crippen LogP contribution is -2.42. The number of rotatable bonds is 2. The summed E-state index contributed by atoms with van der Waals surface area (Å²) in [6, 6.07) is 4.11. The van der Waals surface area contributed by atoms with Gasteiger partial charge < -0.3 is 5.73 Å². The molecule has 2 heteroatoms. The van der Waals surface area contributed by atoms with Crippen molar-refractivity contribution in [1.82, 2.24) is 4.98 Å². The largest absolute Gasteiger partial charge is 0.330 e. The number of pyridine rings is 1. The van der Waals surface area contributed by atoms with Crippen LogP contribution in [0, 0.1) is 6.92 Å². The number of nitrogens with two attached hydrogens (primary N) is 1. The van der Waals surface area contributed by atoms with Gasteiger partial charge in [0.1, 0.15) is 0 Å². The first kappa shape index (κ1) is 8.70. The predicted octanol–water partition coefficient (Wildman–Crippen LogP) is 1.77. The lowest BCUT2D eigenvalue weighted by atomic mass is 9.65. The molecule has 1 aromatic rings. The molecule has 1 aliphatic rings. The first-order valence-corrected chi connectivity index (χ1v) is 4.91. The molecule has 1 saturated carbocycles. The fourth-order valence-corrected chi connectivity index (χ4v) is 2.18. The molecule has 13 heavy (non-hydrogen) atoms. The Morgan fingerprint density at radius 1 is 1.54 bits per heavy atom. The Morgan fingerprint density at radius 3 is 2.77 bits per heavy atom. The van der Waals surface area contributed by atoms with Crippen molar-refractivity contribution in [2.24, 2.45) is 5.73 Å². The highest BCUT2D eigenvalue weighted by atomic mass is 14.8. The van der Waals surface area contributed by atoms with Gasteiger partial charge in [-0.2, -0.15) is 0 Å². The van der Waals surface area contributed by atoms with Gasteiger partial charge in [0.2, 0.25) is 0 Å². The smallest absolute Gasteiger partial charge is 0.0507 e. The molecule has 0 radical (unpaired) electrons. The van der Waals surface area contributed by atoms with Gasteiger partial charge in [-0.1, -0.05) is 12.5 Å². The highest BCUT2D eigenvalue weighted by molar-refractivity contribution is 5.29. The molecule has 0 bridgehead atoms. The van der Waals surface area contributed by atoms with Crippen molar-refractivity contribution in [1.29, 1.82) is 0 Å². The lowest BCUT2D eigenvalue weighted by Gasteiger charge is -2.41. The highest BCUT2D eigenvalue weighted by Gasteiger charge is 2.39. The van der Waals surface area contributed by atoms with Gasteiger partial charge in [0.25, 0.3) is 0 Å². The van der Waals surface area contributed by atoms with Crippen LogP contribution in [-0.4, -0.2) is 11.5 Å². The number of nitrogens with zero attached hydrogens (tertiary/aromatic N) is 1. The zero-order chi connectivity index (χ0) is 9.31. The van der Waals surface area contributed by atoms with Crippen LogP contribution in [0.15, 0.2) is 18.3 Å². The number of aryl methyl sites for hydroxylation is 1. The quantitative estimate of drug-likeness (QED) is 0.746. The number of hydrogen-bond acceptors (Lipinski definition) is 2. The van der Waals surface area contributed by atoms with E-state index in [9.17, 15) is 0 Å². The van der Waals surface area contributed by atoms with Gasteiger partial charge in [-0.15, -0.1) is 0 Å². The second-order valence-corrected chi connectivity index (χ2v) is 4.01. The van der Waals surface area contributed by atoms with Gasteiger partial charge in [0.15, 0.2) is 0 Å². The molecule has 70 valence electrons. The fourth-order valence-electron chi connectivity index (χ4n) is 2.18. The first-order valence-electron chi connectivity index (χ1n) is 4.91. The molecule has 0 atom stereocenters. The summed E-state index contributed by atoms with van der Waals surface area (Å²) in [5, 5.41) is 0. The van der Waals surface area contributed by atoms with E-state index in [2.05, 4.69) is 18.0 Å². The summed E-state index contributed by atoms with van der Waals surface area (Å²) in [5.74, 6) is 0. The standard InChI is InChI=1S/C11H16N2/c1-9-4-2-7-13-10(9)11(8-12)5-3-6-11/h2,4,7H,3,5-6,8,12H2,1H3. The molecule has 1 aromatic heterocycles. The zero-order valence-electron chi connectivity index (χ0n) is 8.09. The average molecular weight is 176 g/mol. The Kier molecular flexibility index (Phi) is 2.08. The van der Waals surface area contributed by atoms with Gasteiger partial charge in [-0.05, 0) is 31.4 Å². The van der Waals surface area contributed by atoms with E-state index in [4.69, 9.17) is 5.73 Å². The first-order chi connectivity index (χ1) is 6.28. The van der Waals surface area contributed by atoms with Crippen molar-refractivity contribution in [3.8, 4) is 0 Å². The van der Waals surface area contributed by atoms with Crippen molar-refractivity contribution in [2.75, 3.05) is 6.54 Å². The lowest BCUT2D eigenvalue weighted by molar-refractivity contribution is 0.244. The minimum absolute atomic E-state index is 0.214. The van der Waals surface area contributed by atoms with Gasteiger partial charge >= 0.3 is 0 Å². The normalized spacial score (nSPS) is 19.5. The van der Waals surface area contributed by atoms with Crippen LogP contribution in [0.2, 0.25) is 0 Å². The second-order valence-electron chi connectivity index (χ2n) is 4.01. The van der Waals surface area contributed by atoms with Crippen LogP contribution in [0.5, 0.6) is 0 Å². The minimum Gasteiger partial charge on any atom is -0.330 e. The third-order valence-electron chi connectivity index (χ3n) is 3.21. The molecule has 0 spiro atoms. The van der Waals surface area contributed by atoms with Gasteiger partial charge in [-0.25, -0.2) is 0 Å². The summed E-state index contributed by atoms with van der Waals surface area (Å²) >= 11 is 0. The molecule has 2 N–H and O–H groups in total. The van der Waals surface area contributed by atoms with Crippen molar-refractivity contribution in [3.05, 3.63) is 29.6 Å². The van der Waals surface area contributed by atoms with Crippen molar-refractivity contribution in [3.63, 3.8) is 0 Å². The van der Waals surface area contributed by atoms with Crippen LogP contribution in [0.25, 0.3) is 0 Å². The molecule has 1 fully saturated rings. The molecular formula is C11H16N2. The maximum Gasteiger partial charge on any atom is 0.0507 e. The molecule has 2 nitrogen and oxygen atoms in total. The van der Waals surface area contributed by atoms with Crippen LogP contribution in [-0.2, 0) is 5.41 Å². The second kappa shape index (κ2) is 3.11. The van der Waals surface area contributed by atoms with Crippen molar-refractivity contribution in [2.45, 2.75) is 31.6 Å². The SMILES string of the molecule is Cc1cccnc1C1(CN)CCC1. The van der Waals surface area contributed by atoms with E-state index in [-0.39, 0.29) is 5.41 Å². The third-order valence-corrected chi connectivity index (χ3v) is 3.21. The number of aromatic nitrogens is 1.